The SMILES string of the molecule is CCOc1ccc2nc(NC(=O)Cc3ccc(OC)c(C)c3)sc2c1. The molecule has 5 nitrogen and oxygen atoms in total. The van der Waals surface area contributed by atoms with Gasteiger partial charge in [-0.15, -0.1) is 0 Å². The van der Waals surface area contributed by atoms with Gasteiger partial charge in [-0.1, -0.05) is 23.5 Å². The second kappa shape index (κ2) is 7.53. The van der Waals surface area contributed by atoms with Gasteiger partial charge in [-0.3, -0.25) is 4.79 Å². The number of nitrogens with zero attached hydrogens (tertiary/aromatic N) is 1. The van der Waals surface area contributed by atoms with Gasteiger partial charge in [0.25, 0.3) is 0 Å². The Balaban J connectivity index is 1.70. The fraction of sp³-hybridized carbons (Fsp3) is 0.263. The summed E-state index contributed by atoms with van der Waals surface area (Å²) in [6.45, 7) is 4.53. The topological polar surface area (TPSA) is 60.5 Å². The van der Waals surface area contributed by atoms with E-state index in [1.54, 1.807) is 7.11 Å². The first-order valence-electron chi connectivity index (χ1n) is 8.06. The van der Waals surface area contributed by atoms with Crippen molar-refractivity contribution in [1.82, 2.24) is 4.98 Å². The number of ether oxygens (including phenoxy) is 2. The molecule has 1 amide bonds. The van der Waals surface area contributed by atoms with Gasteiger partial charge in [0.15, 0.2) is 5.13 Å². The molecule has 0 radical (unpaired) electrons. The maximum absolute atomic E-state index is 12.3. The second-order valence-corrected chi connectivity index (χ2v) is 6.64. The first-order valence-corrected chi connectivity index (χ1v) is 8.87. The molecule has 0 fully saturated rings. The van der Waals surface area contributed by atoms with E-state index in [-0.39, 0.29) is 5.91 Å². The Hall–Kier alpha value is -2.60. The molecule has 0 aliphatic rings. The molecule has 0 saturated carbocycles. The van der Waals surface area contributed by atoms with E-state index in [1.165, 1.54) is 11.3 Å². The molecular weight excluding hydrogens is 336 g/mol. The number of rotatable bonds is 6. The van der Waals surface area contributed by atoms with Gasteiger partial charge in [-0.2, -0.15) is 0 Å². The van der Waals surface area contributed by atoms with Crippen LogP contribution in [0.5, 0.6) is 11.5 Å². The van der Waals surface area contributed by atoms with E-state index in [4.69, 9.17) is 9.47 Å². The van der Waals surface area contributed by atoms with Gasteiger partial charge < -0.3 is 14.8 Å². The first kappa shape index (κ1) is 17.2. The molecule has 1 N–H and O–H groups in total. The first-order chi connectivity index (χ1) is 12.1. The molecule has 25 heavy (non-hydrogen) atoms. The minimum Gasteiger partial charge on any atom is -0.496 e. The van der Waals surface area contributed by atoms with Crippen LogP contribution in [0.2, 0.25) is 0 Å². The van der Waals surface area contributed by atoms with Crippen LogP contribution in [0.25, 0.3) is 10.2 Å². The smallest absolute Gasteiger partial charge is 0.230 e. The zero-order valence-corrected chi connectivity index (χ0v) is 15.3. The normalized spacial score (nSPS) is 10.7. The highest BCUT2D eigenvalue weighted by molar-refractivity contribution is 7.22. The minimum atomic E-state index is -0.0892. The largest absolute Gasteiger partial charge is 0.496 e. The average Bonchev–Trinajstić information content (AvgIpc) is 2.96. The number of hydrogen-bond donors (Lipinski definition) is 1. The molecule has 0 bridgehead atoms. The predicted molar refractivity (Wildman–Crippen MR) is 101 cm³/mol. The number of carbonyl (C=O) groups excluding carboxylic acids is 1. The predicted octanol–water partition coefficient (Wildman–Crippen LogP) is 4.19. The van der Waals surface area contributed by atoms with Gasteiger partial charge in [0, 0.05) is 0 Å². The van der Waals surface area contributed by atoms with E-state index in [0.29, 0.717) is 18.2 Å². The highest BCUT2D eigenvalue weighted by Crippen LogP contribution is 2.29. The summed E-state index contributed by atoms with van der Waals surface area (Å²) in [4.78, 5) is 16.7. The molecule has 3 aromatic rings. The van der Waals surface area contributed by atoms with Gasteiger partial charge >= 0.3 is 0 Å². The van der Waals surface area contributed by atoms with Crippen LogP contribution in [0, 0.1) is 6.92 Å². The fourth-order valence-electron chi connectivity index (χ4n) is 2.61. The Morgan fingerprint density at radius 3 is 2.80 bits per heavy atom. The molecular formula is C19H20N2O3S. The van der Waals surface area contributed by atoms with Crippen LogP contribution in [0.3, 0.4) is 0 Å². The van der Waals surface area contributed by atoms with Crippen molar-refractivity contribution < 1.29 is 14.3 Å². The minimum absolute atomic E-state index is 0.0892. The Bertz CT molecular complexity index is 905. The van der Waals surface area contributed by atoms with E-state index in [2.05, 4.69) is 10.3 Å². The summed E-state index contributed by atoms with van der Waals surface area (Å²) >= 11 is 1.44. The van der Waals surface area contributed by atoms with Crippen LogP contribution in [0.4, 0.5) is 5.13 Å². The Kier molecular flexibility index (Phi) is 5.19. The van der Waals surface area contributed by atoms with Gasteiger partial charge in [0.05, 0.1) is 30.4 Å². The van der Waals surface area contributed by atoms with Crippen molar-refractivity contribution in [2.24, 2.45) is 0 Å². The summed E-state index contributed by atoms with van der Waals surface area (Å²) in [6, 6.07) is 11.5. The molecule has 0 aliphatic carbocycles. The standard InChI is InChI=1S/C19H20N2O3S/c1-4-24-14-6-7-15-17(11-14)25-19(20-15)21-18(22)10-13-5-8-16(23-3)12(2)9-13/h5-9,11H,4,10H2,1-3H3,(H,20,21,22). The van der Waals surface area contributed by atoms with Gasteiger partial charge in [-0.25, -0.2) is 4.98 Å². The zero-order chi connectivity index (χ0) is 17.8. The lowest BCUT2D eigenvalue weighted by Gasteiger charge is -2.07. The highest BCUT2D eigenvalue weighted by Gasteiger charge is 2.10. The maximum atomic E-state index is 12.3. The number of hydrogen-bond acceptors (Lipinski definition) is 5. The number of methoxy groups -OCH3 is 1. The third kappa shape index (κ3) is 4.09. The molecule has 0 spiro atoms. The summed E-state index contributed by atoms with van der Waals surface area (Å²) in [5, 5.41) is 3.47. The second-order valence-electron chi connectivity index (χ2n) is 5.61. The number of nitrogens with one attached hydrogen (secondary N) is 1. The van der Waals surface area contributed by atoms with Crippen molar-refractivity contribution in [2.75, 3.05) is 19.0 Å². The maximum Gasteiger partial charge on any atom is 0.230 e. The fourth-order valence-corrected chi connectivity index (χ4v) is 3.52. The third-order valence-electron chi connectivity index (χ3n) is 3.74. The number of fused-ring (bicyclic) bond motifs is 1. The van der Waals surface area contributed by atoms with E-state index in [9.17, 15) is 4.79 Å². The zero-order valence-electron chi connectivity index (χ0n) is 14.5. The number of aryl methyl sites for hydroxylation is 1. The van der Waals surface area contributed by atoms with Crippen molar-refractivity contribution in [1.29, 1.82) is 0 Å². The Labute approximate surface area is 150 Å². The van der Waals surface area contributed by atoms with Crippen LogP contribution in [-0.4, -0.2) is 24.6 Å². The number of aromatic nitrogens is 1. The highest BCUT2D eigenvalue weighted by atomic mass is 32.1. The van der Waals surface area contributed by atoms with Crippen LogP contribution < -0.4 is 14.8 Å². The summed E-state index contributed by atoms with van der Waals surface area (Å²) < 4.78 is 11.7. The Morgan fingerprint density at radius 1 is 1.24 bits per heavy atom. The van der Waals surface area contributed by atoms with Crippen LogP contribution >= 0.6 is 11.3 Å². The molecule has 6 heteroatoms. The molecule has 0 saturated heterocycles. The number of benzene rings is 2. The average molecular weight is 356 g/mol. The molecule has 1 heterocycles. The van der Waals surface area contributed by atoms with Gasteiger partial charge in [0.1, 0.15) is 11.5 Å². The van der Waals surface area contributed by atoms with Crippen molar-refractivity contribution >= 4 is 32.6 Å². The van der Waals surface area contributed by atoms with E-state index in [1.807, 2.05) is 50.2 Å². The number of anilines is 1. The molecule has 0 unspecified atom stereocenters. The van der Waals surface area contributed by atoms with Crippen molar-refractivity contribution in [3.63, 3.8) is 0 Å². The summed E-state index contributed by atoms with van der Waals surface area (Å²) in [5.74, 6) is 1.54. The summed E-state index contributed by atoms with van der Waals surface area (Å²) in [7, 11) is 1.64. The summed E-state index contributed by atoms with van der Waals surface area (Å²) in [6.07, 6.45) is 0.297. The van der Waals surface area contributed by atoms with Crippen LogP contribution in [-0.2, 0) is 11.2 Å². The lowest BCUT2D eigenvalue weighted by Crippen LogP contribution is -2.14. The quantitative estimate of drug-likeness (QED) is 0.719. The molecule has 130 valence electrons. The van der Waals surface area contributed by atoms with Crippen LogP contribution in [0.15, 0.2) is 36.4 Å². The Morgan fingerprint density at radius 2 is 2.08 bits per heavy atom. The lowest BCUT2D eigenvalue weighted by atomic mass is 10.1. The number of thiazole rings is 1. The van der Waals surface area contributed by atoms with E-state index < -0.39 is 0 Å². The summed E-state index contributed by atoms with van der Waals surface area (Å²) in [5.41, 5.74) is 2.80. The molecule has 2 aromatic carbocycles. The number of carbonyl (C=O) groups is 1. The lowest BCUT2D eigenvalue weighted by molar-refractivity contribution is -0.115. The van der Waals surface area contributed by atoms with Crippen molar-refractivity contribution in [3.05, 3.63) is 47.5 Å². The van der Waals surface area contributed by atoms with Crippen molar-refractivity contribution in [2.45, 2.75) is 20.3 Å². The molecule has 0 atom stereocenters. The van der Waals surface area contributed by atoms with Crippen LogP contribution in [0.1, 0.15) is 18.1 Å². The van der Waals surface area contributed by atoms with E-state index >= 15 is 0 Å². The van der Waals surface area contributed by atoms with Gasteiger partial charge in [-0.05, 0) is 49.2 Å². The molecule has 3 rings (SSSR count). The molecule has 0 aliphatic heterocycles. The van der Waals surface area contributed by atoms with Gasteiger partial charge in [0.2, 0.25) is 5.91 Å². The monoisotopic (exact) mass is 356 g/mol. The van der Waals surface area contributed by atoms with E-state index in [0.717, 1.165) is 32.8 Å². The molecule has 1 aromatic heterocycles. The van der Waals surface area contributed by atoms with Crippen molar-refractivity contribution in [3.8, 4) is 11.5 Å². The third-order valence-corrected chi connectivity index (χ3v) is 4.67. The number of amides is 1.